The first kappa shape index (κ1) is 15.7. The summed E-state index contributed by atoms with van der Waals surface area (Å²) >= 11 is 0. The molecule has 1 unspecified atom stereocenters. The third-order valence-corrected chi connectivity index (χ3v) is 4.35. The van der Waals surface area contributed by atoms with Crippen LogP contribution in [0, 0.1) is 0 Å². The number of nitrogens with zero attached hydrogens (tertiary/aromatic N) is 2. The van der Waals surface area contributed by atoms with Crippen molar-refractivity contribution in [1.29, 1.82) is 0 Å². The van der Waals surface area contributed by atoms with Crippen molar-refractivity contribution in [2.24, 2.45) is 0 Å². The van der Waals surface area contributed by atoms with E-state index in [1.54, 1.807) is 0 Å². The van der Waals surface area contributed by atoms with E-state index < -0.39 is 5.54 Å². The predicted molar refractivity (Wildman–Crippen MR) is 79.7 cm³/mol. The van der Waals surface area contributed by atoms with Gasteiger partial charge in [-0.3, -0.25) is 10.1 Å². The molecular weight excluding hydrogens is 254 g/mol. The summed E-state index contributed by atoms with van der Waals surface area (Å²) in [5.74, 6) is -0.0963. The van der Waals surface area contributed by atoms with Crippen LogP contribution in [0.1, 0.15) is 33.1 Å². The van der Waals surface area contributed by atoms with E-state index in [4.69, 9.17) is 4.74 Å². The Morgan fingerprint density at radius 3 is 2.50 bits per heavy atom. The van der Waals surface area contributed by atoms with E-state index in [2.05, 4.69) is 22.2 Å². The summed E-state index contributed by atoms with van der Waals surface area (Å²) in [6.07, 6.45) is 3.19. The zero-order valence-corrected chi connectivity index (χ0v) is 13.2. The highest BCUT2D eigenvalue weighted by molar-refractivity contribution is 5.80. The van der Waals surface area contributed by atoms with Crippen LogP contribution in [0.15, 0.2) is 0 Å². The highest BCUT2D eigenvalue weighted by atomic mass is 16.5. The molecule has 2 fully saturated rings. The van der Waals surface area contributed by atoms with Crippen LogP contribution < -0.4 is 5.32 Å². The van der Waals surface area contributed by atoms with E-state index in [0.717, 1.165) is 39.1 Å². The number of hydrogen-bond acceptors (Lipinski definition) is 5. The number of hydrogen-bond donors (Lipinski definition) is 1. The normalized spacial score (nSPS) is 24.4. The lowest BCUT2D eigenvalue weighted by Crippen LogP contribution is -2.54. The van der Waals surface area contributed by atoms with Crippen LogP contribution in [0.2, 0.25) is 0 Å². The molecule has 2 aliphatic rings. The topological polar surface area (TPSA) is 44.8 Å². The molecule has 0 aromatic rings. The summed E-state index contributed by atoms with van der Waals surface area (Å²) in [5, 5.41) is 3.49. The fourth-order valence-electron chi connectivity index (χ4n) is 2.65. The van der Waals surface area contributed by atoms with Crippen LogP contribution in [0.3, 0.4) is 0 Å². The fourth-order valence-corrected chi connectivity index (χ4v) is 2.65. The summed E-state index contributed by atoms with van der Waals surface area (Å²) in [4.78, 5) is 17.0. The van der Waals surface area contributed by atoms with Gasteiger partial charge in [-0.2, -0.15) is 0 Å². The summed E-state index contributed by atoms with van der Waals surface area (Å²) in [5.41, 5.74) is -0.527. The van der Waals surface area contributed by atoms with Gasteiger partial charge in [0.05, 0.1) is 6.61 Å². The van der Waals surface area contributed by atoms with Gasteiger partial charge < -0.3 is 14.5 Å². The van der Waals surface area contributed by atoms with Crippen molar-refractivity contribution in [2.45, 2.75) is 44.7 Å². The molecule has 0 amide bonds. The quantitative estimate of drug-likeness (QED) is 0.697. The Bertz CT molecular complexity index is 325. The first-order valence-electron chi connectivity index (χ1n) is 7.89. The molecule has 1 heterocycles. The number of likely N-dealkylation sites (N-methyl/N-ethyl adjacent to an activating group) is 1. The van der Waals surface area contributed by atoms with Crippen molar-refractivity contribution in [3.8, 4) is 0 Å². The van der Waals surface area contributed by atoms with E-state index in [9.17, 15) is 4.79 Å². The van der Waals surface area contributed by atoms with Crippen molar-refractivity contribution >= 4 is 5.97 Å². The third kappa shape index (κ3) is 4.43. The molecule has 0 aromatic carbocycles. The second kappa shape index (κ2) is 6.87. The van der Waals surface area contributed by atoms with Gasteiger partial charge in [0, 0.05) is 38.8 Å². The standard InChI is InChI=1S/C15H29N3O2/c1-4-20-14(19)15(2,16-13-5-6-13)7-8-18-11-9-17(3)10-12-18/h13,16H,4-12H2,1-3H3. The number of piperazine rings is 1. The van der Waals surface area contributed by atoms with Crippen molar-refractivity contribution < 1.29 is 9.53 Å². The first-order chi connectivity index (χ1) is 9.53. The summed E-state index contributed by atoms with van der Waals surface area (Å²) < 4.78 is 5.26. The average molecular weight is 283 g/mol. The Labute approximate surface area is 122 Å². The molecule has 0 aromatic heterocycles. The number of carbonyl (C=O) groups is 1. The Balaban J connectivity index is 1.84. The van der Waals surface area contributed by atoms with Gasteiger partial charge in [0.15, 0.2) is 0 Å². The SMILES string of the molecule is CCOC(=O)C(C)(CCN1CCN(C)CC1)NC1CC1. The Morgan fingerprint density at radius 2 is 1.95 bits per heavy atom. The molecule has 1 atom stereocenters. The van der Waals surface area contributed by atoms with E-state index >= 15 is 0 Å². The molecule has 5 nitrogen and oxygen atoms in total. The van der Waals surface area contributed by atoms with Crippen LogP contribution >= 0.6 is 0 Å². The van der Waals surface area contributed by atoms with Crippen LogP contribution in [0.25, 0.3) is 0 Å². The van der Waals surface area contributed by atoms with Gasteiger partial charge in [-0.05, 0) is 40.2 Å². The van der Waals surface area contributed by atoms with Gasteiger partial charge in [0.1, 0.15) is 5.54 Å². The smallest absolute Gasteiger partial charge is 0.326 e. The molecule has 5 heteroatoms. The minimum Gasteiger partial charge on any atom is -0.465 e. The lowest BCUT2D eigenvalue weighted by Gasteiger charge is -2.35. The van der Waals surface area contributed by atoms with E-state index in [-0.39, 0.29) is 5.97 Å². The van der Waals surface area contributed by atoms with Crippen LogP contribution in [0.4, 0.5) is 0 Å². The van der Waals surface area contributed by atoms with Crippen LogP contribution in [-0.2, 0) is 9.53 Å². The van der Waals surface area contributed by atoms with Crippen LogP contribution in [-0.4, -0.2) is 73.7 Å². The average Bonchev–Trinajstić information content (AvgIpc) is 3.22. The van der Waals surface area contributed by atoms with Gasteiger partial charge in [-0.25, -0.2) is 0 Å². The molecule has 1 N–H and O–H groups in total. The van der Waals surface area contributed by atoms with Crippen molar-refractivity contribution in [3.05, 3.63) is 0 Å². The zero-order valence-electron chi connectivity index (χ0n) is 13.2. The maximum atomic E-state index is 12.2. The highest BCUT2D eigenvalue weighted by Crippen LogP contribution is 2.25. The predicted octanol–water partition coefficient (Wildman–Crippen LogP) is 0.698. The molecular formula is C15H29N3O2. The van der Waals surface area contributed by atoms with E-state index in [1.807, 2.05) is 13.8 Å². The molecule has 1 aliphatic heterocycles. The first-order valence-corrected chi connectivity index (χ1v) is 7.89. The summed E-state index contributed by atoms with van der Waals surface area (Å²) in [7, 11) is 2.16. The fraction of sp³-hybridized carbons (Fsp3) is 0.933. The number of nitrogens with one attached hydrogen (secondary N) is 1. The molecule has 0 bridgehead atoms. The molecule has 116 valence electrons. The molecule has 20 heavy (non-hydrogen) atoms. The third-order valence-electron chi connectivity index (χ3n) is 4.35. The Kier molecular flexibility index (Phi) is 5.41. The number of carbonyl (C=O) groups excluding carboxylic acids is 1. The molecule has 1 aliphatic carbocycles. The number of ether oxygens (including phenoxy) is 1. The second-order valence-electron chi connectivity index (χ2n) is 6.37. The lowest BCUT2D eigenvalue weighted by molar-refractivity contribution is -0.151. The molecule has 0 spiro atoms. The van der Waals surface area contributed by atoms with Crippen molar-refractivity contribution in [1.82, 2.24) is 15.1 Å². The maximum Gasteiger partial charge on any atom is 0.326 e. The van der Waals surface area contributed by atoms with Crippen molar-refractivity contribution in [3.63, 3.8) is 0 Å². The monoisotopic (exact) mass is 283 g/mol. The molecule has 1 saturated carbocycles. The van der Waals surface area contributed by atoms with Gasteiger partial charge >= 0.3 is 5.97 Å². The second-order valence-corrected chi connectivity index (χ2v) is 6.37. The minimum absolute atomic E-state index is 0.0963. The summed E-state index contributed by atoms with van der Waals surface area (Å²) in [6, 6.07) is 0.511. The minimum atomic E-state index is -0.527. The Morgan fingerprint density at radius 1 is 1.30 bits per heavy atom. The summed E-state index contributed by atoms with van der Waals surface area (Å²) in [6.45, 7) is 9.71. The molecule has 0 radical (unpaired) electrons. The van der Waals surface area contributed by atoms with Crippen molar-refractivity contribution in [2.75, 3.05) is 46.4 Å². The maximum absolute atomic E-state index is 12.2. The molecule has 2 rings (SSSR count). The van der Waals surface area contributed by atoms with Gasteiger partial charge in [-0.1, -0.05) is 0 Å². The van der Waals surface area contributed by atoms with Gasteiger partial charge in [0.2, 0.25) is 0 Å². The van der Waals surface area contributed by atoms with Gasteiger partial charge in [0.25, 0.3) is 0 Å². The highest BCUT2D eigenvalue weighted by Gasteiger charge is 2.39. The lowest BCUT2D eigenvalue weighted by atomic mass is 9.97. The van der Waals surface area contributed by atoms with Crippen LogP contribution in [0.5, 0.6) is 0 Å². The number of esters is 1. The largest absolute Gasteiger partial charge is 0.465 e. The van der Waals surface area contributed by atoms with Gasteiger partial charge in [-0.15, -0.1) is 0 Å². The Hall–Kier alpha value is -0.650. The number of rotatable bonds is 7. The van der Waals surface area contributed by atoms with E-state index in [0.29, 0.717) is 12.6 Å². The molecule has 1 saturated heterocycles. The zero-order chi connectivity index (χ0) is 14.6. The van der Waals surface area contributed by atoms with E-state index in [1.165, 1.54) is 12.8 Å².